The number of aromatic nitrogens is 1. The topological polar surface area (TPSA) is 76.5 Å². The Kier molecular flexibility index (Phi) is 3.86. The average molecular weight is 311 g/mol. The number of carbonyl (C=O) groups is 2. The number of aliphatic carboxylic acids is 1. The molecule has 0 saturated carbocycles. The Morgan fingerprint density at radius 3 is 2.78 bits per heavy atom. The van der Waals surface area contributed by atoms with Crippen LogP contribution in [-0.4, -0.2) is 21.8 Å². The van der Waals surface area contributed by atoms with E-state index in [4.69, 9.17) is 4.74 Å². The predicted octanol–water partition coefficient (Wildman–Crippen LogP) is 3.49. The highest BCUT2D eigenvalue weighted by Crippen LogP contribution is 2.45. The van der Waals surface area contributed by atoms with Crippen LogP contribution < -0.4 is 4.74 Å². The molecule has 2 unspecified atom stereocenters. The molecule has 0 saturated heterocycles. The Morgan fingerprint density at radius 2 is 2.09 bits per heavy atom. The third-order valence-electron chi connectivity index (χ3n) is 4.15. The summed E-state index contributed by atoms with van der Waals surface area (Å²) in [6, 6.07) is 9.04. The van der Waals surface area contributed by atoms with E-state index in [0.29, 0.717) is 23.6 Å². The zero-order valence-electron chi connectivity index (χ0n) is 12.9. The van der Waals surface area contributed by atoms with Crippen LogP contribution in [0.5, 0.6) is 11.6 Å². The molecule has 1 aliphatic rings. The minimum absolute atomic E-state index is 0.0642. The van der Waals surface area contributed by atoms with Gasteiger partial charge in [-0.15, -0.1) is 0 Å². The Hall–Kier alpha value is -2.69. The first-order valence-corrected chi connectivity index (χ1v) is 7.46. The summed E-state index contributed by atoms with van der Waals surface area (Å²) < 4.78 is 5.81. The fraction of sp³-hybridized carbons (Fsp3) is 0.278. The van der Waals surface area contributed by atoms with Gasteiger partial charge in [-0.05, 0) is 31.5 Å². The van der Waals surface area contributed by atoms with E-state index < -0.39 is 11.9 Å². The summed E-state index contributed by atoms with van der Waals surface area (Å²) in [5.74, 6) is -0.468. The molecule has 3 rings (SSSR count). The number of ether oxygens (including phenoxy) is 1. The Balaban J connectivity index is 2.11. The quantitative estimate of drug-likeness (QED) is 0.935. The molecule has 1 N–H and O–H groups in total. The number of ketones is 1. The summed E-state index contributed by atoms with van der Waals surface area (Å²) in [5.41, 5.74) is 2.39. The van der Waals surface area contributed by atoms with E-state index in [1.54, 1.807) is 32.2 Å². The monoisotopic (exact) mass is 311 g/mol. The second-order valence-corrected chi connectivity index (χ2v) is 5.82. The van der Waals surface area contributed by atoms with Crippen LogP contribution in [0.1, 0.15) is 48.8 Å². The molecule has 0 spiro atoms. The molecule has 2 heterocycles. The molecular weight excluding hydrogens is 294 g/mol. The predicted molar refractivity (Wildman–Crippen MR) is 83.9 cm³/mol. The lowest BCUT2D eigenvalue weighted by molar-refractivity contribution is -0.138. The van der Waals surface area contributed by atoms with Crippen molar-refractivity contribution in [2.75, 3.05) is 0 Å². The lowest BCUT2D eigenvalue weighted by Gasteiger charge is -2.27. The number of benzene rings is 1. The summed E-state index contributed by atoms with van der Waals surface area (Å²) in [5, 5.41) is 9.21. The van der Waals surface area contributed by atoms with Crippen molar-refractivity contribution in [3.05, 3.63) is 53.2 Å². The number of carboxylic acid groups (broad SMARTS) is 1. The molecule has 5 nitrogen and oxygen atoms in total. The molecule has 23 heavy (non-hydrogen) atoms. The minimum atomic E-state index is -0.883. The molecule has 1 aromatic carbocycles. The fourth-order valence-corrected chi connectivity index (χ4v) is 2.88. The molecule has 0 aliphatic carbocycles. The maximum absolute atomic E-state index is 11.7. The van der Waals surface area contributed by atoms with Gasteiger partial charge in [-0.3, -0.25) is 9.59 Å². The van der Waals surface area contributed by atoms with Gasteiger partial charge in [-0.1, -0.05) is 18.2 Å². The first kappa shape index (κ1) is 15.2. The van der Waals surface area contributed by atoms with E-state index in [1.165, 1.54) is 0 Å². The highest BCUT2D eigenvalue weighted by Gasteiger charge is 2.30. The van der Waals surface area contributed by atoms with E-state index in [9.17, 15) is 14.7 Å². The molecule has 0 bridgehead atoms. The van der Waals surface area contributed by atoms with Crippen LogP contribution in [-0.2, 0) is 9.59 Å². The number of hydrogen-bond acceptors (Lipinski definition) is 4. The molecule has 1 aromatic heterocycles. The number of Topliss-reactive ketones (excluding diaryl/α,β-unsaturated/α-hetero) is 1. The number of rotatable bonds is 4. The summed E-state index contributed by atoms with van der Waals surface area (Å²) in [6.45, 7) is 3.19. The van der Waals surface area contributed by atoms with Crippen LogP contribution in [0.25, 0.3) is 0 Å². The highest BCUT2D eigenvalue weighted by atomic mass is 16.5. The second-order valence-electron chi connectivity index (χ2n) is 5.82. The maximum Gasteiger partial charge on any atom is 0.310 e. The smallest absolute Gasteiger partial charge is 0.310 e. The van der Waals surface area contributed by atoms with E-state index in [2.05, 4.69) is 4.98 Å². The lowest BCUT2D eigenvalue weighted by atomic mass is 9.84. The number of hydrogen-bond donors (Lipinski definition) is 1. The van der Waals surface area contributed by atoms with Crippen LogP contribution in [0.15, 0.2) is 36.5 Å². The fourth-order valence-electron chi connectivity index (χ4n) is 2.88. The zero-order chi connectivity index (χ0) is 16.6. The normalized spacial score (nSPS) is 16.7. The van der Waals surface area contributed by atoms with Gasteiger partial charge in [-0.2, -0.15) is 0 Å². The molecular formula is C18H17NO4. The van der Waals surface area contributed by atoms with Gasteiger partial charge in [0.25, 0.3) is 0 Å². The van der Waals surface area contributed by atoms with Crippen LogP contribution in [0.3, 0.4) is 0 Å². The largest absolute Gasteiger partial charge is 0.481 e. The molecule has 118 valence electrons. The standard InChI is InChI=1S/C18H17NO4/c1-10(20)8-14-13-4-3-7-19-17(13)23-16-6-5-12(9-15(14)16)11(2)18(21)22/h3-7,9,11,14H,8H2,1-2H3,(H,21,22). The lowest BCUT2D eigenvalue weighted by Crippen LogP contribution is -2.15. The SMILES string of the molecule is CC(=O)CC1c2cc(C(C)C(=O)O)ccc2Oc2ncccc21. The first-order chi connectivity index (χ1) is 11.0. The molecule has 2 atom stereocenters. The van der Waals surface area contributed by atoms with Gasteiger partial charge in [0.1, 0.15) is 11.5 Å². The third-order valence-corrected chi connectivity index (χ3v) is 4.15. The number of pyridine rings is 1. The average Bonchev–Trinajstić information content (AvgIpc) is 2.53. The molecule has 1 aliphatic heterocycles. The van der Waals surface area contributed by atoms with E-state index in [-0.39, 0.29) is 11.7 Å². The van der Waals surface area contributed by atoms with Gasteiger partial charge in [0.2, 0.25) is 5.88 Å². The molecule has 0 radical (unpaired) electrons. The zero-order valence-corrected chi connectivity index (χ0v) is 12.9. The second kappa shape index (κ2) is 5.83. The number of carboxylic acids is 1. The summed E-state index contributed by atoms with van der Waals surface area (Å²) in [7, 11) is 0. The Labute approximate surface area is 133 Å². The van der Waals surface area contributed by atoms with Crippen molar-refractivity contribution >= 4 is 11.8 Å². The van der Waals surface area contributed by atoms with Gasteiger partial charge in [-0.25, -0.2) is 4.98 Å². The van der Waals surface area contributed by atoms with Gasteiger partial charge in [0.15, 0.2) is 0 Å². The molecule has 2 aromatic rings. The minimum Gasteiger partial charge on any atom is -0.481 e. The first-order valence-electron chi connectivity index (χ1n) is 7.46. The van der Waals surface area contributed by atoms with Gasteiger partial charge in [0, 0.05) is 29.7 Å². The number of nitrogens with zero attached hydrogens (tertiary/aromatic N) is 1. The van der Waals surface area contributed by atoms with Gasteiger partial charge in [0.05, 0.1) is 5.92 Å². The molecule has 5 heteroatoms. The summed E-state index contributed by atoms with van der Waals surface area (Å²) >= 11 is 0. The van der Waals surface area contributed by atoms with E-state index in [1.807, 2.05) is 18.2 Å². The van der Waals surface area contributed by atoms with E-state index >= 15 is 0 Å². The summed E-state index contributed by atoms with van der Waals surface area (Å²) in [4.78, 5) is 27.2. The molecule has 0 fully saturated rings. The van der Waals surface area contributed by atoms with Gasteiger partial charge < -0.3 is 9.84 Å². The summed E-state index contributed by atoms with van der Waals surface area (Å²) in [6.07, 6.45) is 1.98. The van der Waals surface area contributed by atoms with Crippen molar-refractivity contribution in [1.29, 1.82) is 0 Å². The van der Waals surface area contributed by atoms with Crippen LogP contribution in [0.2, 0.25) is 0 Å². The van der Waals surface area contributed by atoms with Crippen molar-refractivity contribution < 1.29 is 19.4 Å². The van der Waals surface area contributed by atoms with Crippen molar-refractivity contribution in [2.24, 2.45) is 0 Å². The van der Waals surface area contributed by atoms with E-state index in [0.717, 1.165) is 11.1 Å². The van der Waals surface area contributed by atoms with Crippen molar-refractivity contribution in [3.63, 3.8) is 0 Å². The van der Waals surface area contributed by atoms with Gasteiger partial charge >= 0.3 is 5.97 Å². The van der Waals surface area contributed by atoms with Crippen LogP contribution in [0.4, 0.5) is 0 Å². The third kappa shape index (κ3) is 2.82. The Bertz CT molecular complexity index is 784. The number of fused-ring (bicyclic) bond motifs is 2. The Morgan fingerprint density at radius 1 is 1.30 bits per heavy atom. The maximum atomic E-state index is 11.7. The highest BCUT2D eigenvalue weighted by molar-refractivity contribution is 5.78. The van der Waals surface area contributed by atoms with Crippen molar-refractivity contribution in [3.8, 4) is 11.6 Å². The van der Waals surface area contributed by atoms with Crippen LogP contribution in [0, 0.1) is 0 Å². The van der Waals surface area contributed by atoms with Crippen LogP contribution >= 0.6 is 0 Å². The van der Waals surface area contributed by atoms with Crippen molar-refractivity contribution in [2.45, 2.75) is 32.1 Å². The van der Waals surface area contributed by atoms with Crippen molar-refractivity contribution in [1.82, 2.24) is 4.98 Å². The number of carbonyl (C=O) groups excluding carboxylic acids is 1. The molecule has 0 amide bonds.